The Morgan fingerprint density at radius 1 is 1.16 bits per heavy atom. The van der Waals surface area contributed by atoms with Crippen LogP contribution in [-0.2, 0) is 9.53 Å². The summed E-state index contributed by atoms with van der Waals surface area (Å²) in [5.74, 6) is 2.32. The lowest BCUT2D eigenvalue weighted by Crippen LogP contribution is -2.34. The zero-order valence-corrected chi connectivity index (χ0v) is 13.1. The lowest BCUT2D eigenvalue weighted by Gasteiger charge is -2.37. The van der Waals surface area contributed by atoms with Gasteiger partial charge in [0, 0.05) is 13.0 Å². The van der Waals surface area contributed by atoms with E-state index in [2.05, 4.69) is 20.8 Å². The van der Waals surface area contributed by atoms with Gasteiger partial charge >= 0.3 is 0 Å². The van der Waals surface area contributed by atoms with Gasteiger partial charge in [0.25, 0.3) is 0 Å². The monoisotopic (exact) mass is 268 g/mol. The van der Waals surface area contributed by atoms with Crippen LogP contribution >= 0.6 is 0 Å². The van der Waals surface area contributed by atoms with Crippen LogP contribution in [0, 0.1) is 17.8 Å². The molecule has 19 heavy (non-hydrogen) atoms. The average molecular weight is 268 g/mol. The Labute approximate surface area is 119 Å². The highest BCUT2D eigenvalue weighted by Gasteiger charge is 2.31. The molecule has 0 bridgehead atoms. The molecule has 0 N–H and O–H groups in total. The Morgan fingerprint density at radius 2 is 1.89 bits per heavy atom. The maximum absolute atomic E-state index is 10.2. The second-order valence-corrected chi connectivity index (χ2v) is 6.60. The summed E-state index contributed by atoms with van der Waals surface area (Å²) in [6.45, 7) is 7.92. The largest absolute Gasteiger partial charge is 0.378 e. The van der Waals surface area contributed by atoms with E-state index in [9.17, 15) is 4.79 Å². The van der Waals surface area contributed by atoms with Crippen LogP contribution in [0.1, 0.15) is 72.1 Å². The predicted octanol–water partition coefficient (Wildman–Crippen LogP) is 4.61. The molecule has 3 atom stereocenters. The minimum absolute atomic E-state index is 0.485. The predicted molar refractivity (Wildman–Crippen MR) is 80.2 cm³/mol. The molecule has 1 rings (SSSR count). The van der Waals surface area contributed by atoms with Crippen molar-refractivity contribution in [2.45, 2.75) is 78.2 Å². The van der Waals surface area contributed by atoms with Crippen LogP contribution in [0.5, 0.6) is 0 Å². The lowest BCUT2D eigenvalue weighted by atomic mass is 9.75. The van der Waals surface area contributed by atoms with Gasteiger partial charge in [-0.25, -0.2) is 0 Å². The third-order valence-electron chi connectivity index (χ3n) is 4.51. The summed E-state index contributed by atoms with van der Waals surface area (Å²) < 4.78 is 6.16. The Balaban J connectivity index is 2.16. The normalized spacial score (nSPS) is 27.7. The van der Waals surface area contributed by atoms with Crippen LogP contribution in [0.2, 0.25) is 0 Å². The molecule has 0 spiro atoms. The molecule has 0 saturated heterocycles. The van der Waals surface area contributed by atoms with Gasteiger partial charge in [-0.1, -0.05) is 40.0 Å². The van der Waals surface area contributed by atoms with E-state index in [0.29, 0.717) is 6.10 Å². The van der Waals surface area contributed by atoms with Gasteiger partial charge in [0.15, 0.2) is 0 Å². The summed E-state index contributed by atoms with van der Waals surface area (Å²) in [4.78, 5) is 10.2. The number of aldehydes is 1. The highest BCUT2D eigenvalue weighted by Crippen LogP contribution is 2.35. The molecular weight excluding hydrogens is 236 g/mol. The van der Waals surface area contributed by atoms with Crippen LogP contribution in [0.4, 0.5) is 0 Å². The van der Waals surface area contributed by atoms with E-state index < -0.39 is 0 Å². The Morgan fingerprint density at radius 3 is 2.58 bits per heavy atom. The fourth-order valence-corrected chi connectivity index (χ4v) is 3.22. The molecular formula is C17H32O2. The molecule has 0 aromatic carbocycles. The SMILES string of the molecule is CC1CCC(C(C)C)C(OCCCCCCC=O)C1. The molecule has 2 nitrogen and oxygen atoms in total. The first-order chi connectivity index (χ1) is 9.15. The Hall–Kier alpha value is -0.370. The molecule has 0 aliphatic heterocycles. The maximum atomic E-state index is 10.2. The van der Waals surface area contributed by atoms with E-state index in [1.165, 1.54) is 25.7 Å². The Kier molecular flexibility index (Phi) is 8.36. The molecule has 3 unspecified atom stereocenters. The Bertz CT molecular complexity index is 237. The molecule has 2 heteroatoms. The highest BCUT2D eigenvalue weighted by molar-refractivity contribution is 5.48. The molecule has 1 saturated carbocycles. The summed E-state index contributed by atoms with van der Waals surface area (Å²) >= 11 is 0. The summed E-state index contributed by atoms with van der Waals surface area (Å²) in [6, 6.07) is 0. The average Bonchev–Trinajstić information content (AvgIpc) is 2.37. The lowest BCUT2D eigenvalue weighted by molar-refractivity contribution is -0.107. The maximum Gasteiger partial charge on any atom is 0.119 e. The minimum Gasteiger partial charge on any atom is -0.378 e. The minimum atomic E-state index is 0.485. The summed E-state index contributed by atoms with van der Waals surface area (Å²) in [7, 11) is 0. The number of carbonyl (C=O) groups is 1. The first-order valence-corrected chi connectivity index (χ1v) is 8.20. The molecule has 1 aliphatic carbocycles. The molecule has 112 valence electrons. The van der Waals surface area contributed by atoms with E-state index in [1.54, 1.807) is 0 Å². The van der Waals surface area contributed by atoms with E-state index in [4.69, 9.17) is 4.74 Å². The summed E-state index contributed by atoms with van der Waals surface area (Å²) in [5.41, 5.74) is 0. The summed E-state index contributed by atoms with van der Waals surface area (Å²) in [6.07, 6.45) is 10.7. The quantitative estimate of drug-likeness (QED) is 0.451. The van der Waals surface area contributed by atoms with E-state index >= 15 is 0 Å². The van der Waals surface area contributed by atoms with Crippen molar-refractivity contribution >= 4 is 6.29 Å². The van der Waals surface area contributed by atoms with Crippen molar-refractivity contribution in [2.24, 2.45) is 17.8 Å². The van der Waals surface area contributed by atoms with Crippen LogP contribution in [0.25, 0.3) is 0 Å². The second-order valence-electron chi connectivity index (χ2n) is 6.60. The van der Waals surface area contributed by atoms with Gasteiger partial charge in [-0.3, -0.25) is 0 Å². The number of unbranched alkanes of at least 4 members (excludes halogenated alkanes) is 4. The van der Waals surface area contributed by atoms with Gasteiger partial charge in [0.1, 0.15) is 6.29 Å². The molecule has 0 amide bonds. The van der Waals surface area contributed by atoms with Crippen molar-refractivity contribution < 1.29 is 9.53 Å². The van der Waals surface area contributed by atoms with Gasteiger partial charge in [-0.15, -0.1) is 0 Å². The van der Waals surface area contributed by atoms with Gasteiger partial charge in [-0.05, 0) is 43.4 Å². The number of hydrogen-bond donors (Lipinski definition) is 0. The molecule has 0 aromatic rings. The fourth-order valence-electron chi connectivity index (χ4n) is 3.22. The third-order valence-corrected chi connectivity index (χ3v) is 4.51. The first kappa shape index (κ1) is 16.7. The van der Waals surface area contributed by atoms with Crippen molar-refractivity contribution in [3.63, 3.8) is 0 Å². The number of carbonyl (C=O) groups excluding carboxylic acids is 1. The summed E-state index contributed by atoms with van der Waals surface area (Å²) in [5, 5.41) is 0. The highest BCUT2D eigenvalue weighted by atomic mass is 16.5. The van der Waals surface area contributed by atoms with E-state index in [1.807, 2.05) is 0 Å². The molecule has 0 heterocycles. The zero-order chi connectivity index (χ0) is 14.1. The van der Waals surface area contributed by atoms with Gasteiger partial charge < -0.3 is 9.53 Å². The van der Waals surface area contributed by atoms with Crippen molar-refractivity contribution in [3.8, 4) is 0 Å². The second kappa shape index (κ2) is 9.52. The van der Waals surface area contributed by atoms with E-state index in [0.717, 1.165) is 56.3 Å². The standard InChI is InChI=1S/C17H32O2/c1-14(2)16-10-9-15(3)13-17(16)19-12-8-6-4-5-7-11-18/h11,14-17H,4-10,12-13H2,1-3H3. The smallest absolute Gasteiger partial charge is 0.119 e. The van der Waals surface area contributed by atoms with Crippen molar-refractivity contribution in [3.05, 3.63) is 0 Å². The van der Waals surface area contributed by atoms with Crippen LogP contribution in [0.3, 0.4) is 0 Å². The van der Waals surface area contributed by atoms with Crippen LogP contribution < -0.4 is 0 Å². The number of hydrogen-bond acceptors (Lipinski definition) is 2. The molecule has 0 radical (unpaired) electrons. The van der Waals surface area contributed by atoms with Crippen LogP contribution in [-0.4, -0.2) is 19.0 Å². The topological polar surface area (TPSA) is 26.3 Å². The van der Waals surface area contributed by atoms with Crippen molar-refractivity contribution in [2.75, 3.05) is 6.61 Å². The molecule has 0 aromatic heterocycles. The first-order valence-electron chi connectivity index (χ1n) is 8.20. The number of ether oxygens (including phenoxy) is 1. The zero-order valence-electron chi connectivity index (χ0n) is 13.1. The van der Waals surface area contributed by atoms with Crippen LogP contribution in [0.15, 0.2) is 0 Å². The van der Waals surface area contributed by atoms with Crippen molar-refractivity contribution in [1.29, 1.82) is 0 Å². The van der Waals surface area contributed by atoms with Gasteiger partial charge in [0.2, 0.25) is 0 Å². The van der Waals surface area contributed by atoms with Gasteiger partial charge in [0.05, 0.1) is 6.10 Å². The van der Waals surface area contributed by atoms with Gasteiger partial charge in [-0.2, -0.15) is 0 Å². The van der Waals surface area contributed by atoms with E-state index in [-0.39, 0.29) is 0 Å². The third kappa shape index (κ3) is 6.56. The number of rotatable bonds is 9. The van der Waals surface area contributed by atoms with Crippen molar-refractivity contribution in [1.82, 2.24) is 0 Å². The fraction of sp³-hybridized carbons (Fsp3) is 0.941. The molecule has 1 fully saturated rings. The molecule has 1 aliphatic rings.